The summed E-state index contributed by atoms with van der Waals surface area (Å²) >= 11 is 0. The lowest BCUT2D eigenvalue weighted by Gasteiger charge is -2.25. The zero-order chi connectivity index (χ0) is 8.86. The van der Waals surface area contributed by atoms with E-state index < -0.39 is 6.16 Å². The van der Waals surface area contributed by atoms with Crippen molar-refractivity contribution in [2.24, 2.45) is 0 Å². The smallest absolute Gasteiger partial charge is 0.304 e. The van der Waals surface area contributed by atoms with Crippen molar-refractivity contribution in [3.05, 3.63) is 0 Å². The molecule has 0 amide bonds. The van der Waals surface area contributed by atoms with E-state index in [2.05, 4.69) is 0 Å². The Kier molecular flexibility index (Phi) is 3.94. The molecule has 0 aliphatic carbocycles. The van der Waals surface area contributed by atoms with E-state index >= 15 is 0 Å². The second kappa shape index (κ2) is 4.77. The molecular formula is C8H16O4. The maximum atomic E-state index is 5.31. The first-order valence-electron chi connectivity index (χ1n) is 4.39. The normalized spacial score (nSPS) is 21.5. The van der Waals surface area contributed by atoms with E-state index in [0.717, 1.165) is 6.42 Å². The van der Waals surface area contributed by atoms with Crippen LogP contribution in [0.5, 0.6) is 0 Å². The van der Waals surface area contributed by atoms with Crippen molar-refractivity contribution in [3.63, 3.8) is 0 Å². The van der Waals surface area contributed by atoms with Gasteiger partial charge in [0.2, 0.25) is 0 Å². The van der Waals surface area contributed by atoms with Gasteiger partial charge in [-0.2, -0.15) is 0 Å². The van der Waals surface area contributed by atoms with E-state index in [4.69, 9.17) is 18.9 Å². The fraction of sp³-hybridized carbons (Fsp3) is 1.00. The monoisotopic (exact) mass is 176 g/mol. The Morgan fingerprint density at radius 2 is 1.83 bits per heavy atom. The van der Waals surface area contributed by atoms with Gasteiger partial charge in [-0.15, -0.1) is 0 Å². The van der Waals surface area contributed by atoms with Crippen LogP contribution in [0.2, 0.25) is 0 Å². The van der Waals surface area contributed by atoms with E-state index in [1.807, 2.05) is 13.8 Å². The minimum atomic E-state index is -1.20. The van der Waals surface area contributed by atoms with Crippen LogP contribution >= 0.6 is 0 Å². The molecule has 1 heterocycles. The van der Waals surface area contributed by atoms with Crippen LogP contribution in [0.15, 0.2) is 0 Å². The Morgan fingerprint density at radius 3 is 2.33 bits per heavy atom. The van der Waals surface area contributed by atoms with Crippen molar-refractivity contribution < 1.29 is 18.9 Å². The molecule has 0 aromatic carbocycles. The first-order chi connectivity index (χ1) is 5.83. The minimum absolute atomic E-state index is 0.518. The Labute approximate surface area is 72.7 Å². The van der Waals surface area contributed by atoms with Crippen molar-refractivity contribution in [1.29, 1.82) is 0 Å². The SMILES string of the molecule is CCCOC1(OCC)OCCO1. The highest BCUT2D eigenvalue weighted by Gasteiger charge is 2.39. The van der Waals surface area contributed by atoms with Gasteiger partial charge in [-0.3, -0.25) is 0 Å². The van der Waals surface area contributed by atoms with Gasteiger partial charge >= 0.3 is 6.16 Å². The van der Waals surface area contributed by atoms with Gasteiger partial charge in [0.1, 0.15) is 0 Å². The summed E-state index contributed by atoms with van der Waals surface area (Å²) in [7, 11) is 0. The summed E-state index contributed by atoms with van der Waals surface area (Å²) in [6, 6.07) is 0. The molecule has 0 atom stereocenters. The second-order valence-corrected chi connectivity index (χ2v) is 2.48. The lowest BCUT2D eigenvalue weighted by molar-refractivity contribution is -0.462. The average Bonchev–Trinajstić information content (AvgIpc) is 2.51. The molecule has 0 aromatic heterocycles. The molecule has 1 saturated heterocycles. The molecule has 0 radical (unpaired) electrons. The Hall–Kier alpha value is -0.160. The van der Waals surface area contributed by atoms with Crippen LogP contribution in [0.25, 0.3) is 0 Å². The topological polar surface area (TPSA) is 36.9 Å². The van der Waals surface area contributed by atoms with Crippen LogP contribution < -0.4 is 0 Å². The molecule has 72 valence electrons. The molecule has 12 heavy (non-hydrogen) atoms. The highest BCUT2D eigenvalue weighted by molar-refractivity contribution is 4.50. The standard InChI is InChI=1S/C8H16O4/c1-3-5-10-8(9-4-2)11-6-7-12-8/h3-7H2,1-2H3. The molecule has 0 saturated carbocycles. The molecule has 0 aromatic rings. The zero-order valence-electron chi connectivity index (χ0n) is 7.67. The highest BCUT2D eigenvalue weighted by atomic mass is 17.0. The molecular weight excluding hydrogens is 160 g/mol. The summed E-state index contributed by atoms with van der Waals surface area (Å²) in [6.45, 7) is 6.06. The predicted octanol–water partition coefficient (Wildman–Crippen LogP) is 1.11. The van der Waals surface area contributed by atoms with Crippen LogP contribution in [0.3, 0.4) is 0 Å². The van der Waals surface area contributed by atoms with E-state index in [0.29, 0.717) is 26.4 Å². The molecule has 4 nitrogen and oxygen atoms in total. The van der Waals surface area contributed by atoms with Crippen molar-refractivity contribution in [1.82, 2.24) is 0 Å². The third kappa shape index (κ3) is 2.42. The molecule has 1 aliphatic rings. The van der Waals surface area contributed by atoms with Crippen molar-refractivity contribution in [2.45, 2.75) is 26.4 Å². The number of hydrogen-bond acceptors (Lipinski definition) is 4. The fourth-order valence-electron chi connectivity index (χ4n) is 0.987. The molecule has 4 heteroatoms. The number of hydrogen-bond donors (Lipinski definition) is 0. The van der Waals surface area contributed by atoms with Crippen LogP contribution in [-0.2, 0) is 18.9 Å². The third-order valence-corrected chi connectivity index (χ3v) is 1.45. The first kappa shape index (κ1) is 9.92. The fourth-order valence-corrected chi connectivity index (χ4v) is 0.987. The molecule has 1 fully saturated rings. The van der Waals surface area contributed by atoms with E-state index in [9.17, 15) is 0 Å². The third-order valence-electron chi connectivity index (χ3n) is 1.45. The molecule has 0 unspecified atom stereocenters. The Bertz CT molecular complexity index is 120. The molecule has 1 aliphatic heterocycles. The van der Waals surface area contributed by atoms with Crippen LogP contribution in [0.1, 0.15) is 20.3 Å². The van der Waals surface area contributed by atoms with E-state index in [-0.39, 0.29) is 0 Å². The van der Waals surface area contributed by atoms with Gasteiger partial charge in [0.15, 0.2) is 0 Å². The van der Waals surface area contributed by atoms with E-state index in [1.165, 1.54) is 0 Å². The van der Waals surface area contributed by atoms with Gasteiger partial charge in [-0.1, -0.05) is 6.92 Å². The maximum absolute atomic E-state index is 5.31. The van der Waals surface area contributed by atoms with Crippen molar-refractivity contribution in [3.8, 4) is 0 Å². The van der Waals surface area contributed by atoms with Crippen LogP contribution in [-0.4, -0.2) is 32.6 Å². The lowest BCUT2D eigenvalue weighted by atomic mass is 10.5. The van der Waals surface area contributed by atoms with E-state index in [1.54, 1.807) is 0 Å². The molecule has 1 rings (SSSR count). The van der Waals surface area contributed by atoms with Gasteiger partial charge in [0, 0.05) is 0 Å². The van der Waals surface area contributed by atoms with Gasteiger partial charge in [0.25, 0.3) is 0 Å². The molecule has 0 bridgehead atoms. The van der Waals surface area contributed by atoms with Gasteiger partial charge in [0.05, 0.1) is 26.4 Å². The number of rotatable bonds is 5. The summed E-state index contributed by atoms with van der Waals surface area (Å²) in [6.07, 6.45) is -0.285. The number of ether oxygens (including phenoxy) is 4. The van der Waals surface area contributed by atoms with Gasteiger partial charge < -0.3 is 18.9 Å². The minimum Gasteiger partial charge on any atom is -0.304 e. The lowest BCUT2D eigenvalue weighted by Crippen LogP contribution is -2.37. The van der Waals surface area contributed by atoms with Gasteiger partial charge in [-0.25, -0.2) is 0 Å². The highest BCUT2D eigenvalue weighted by Crippen LogP contribution is 2.22. The summed E-state index contributed by atoms with van der Waals surface area (Å²) in [4.78, 5) is 0. The van der Waals surface area contributed by atoms with Crippen molar-refractivity contribution in [2.75, 3.05) is 26.4 Å². The Morgan fingerprint density at radius 1 is 1.17 bits per heavy atom. The van der Waals surface area contributed by atoms with Crippen molar-refractivity contribution >= 4 is 0 Å². The van der Waals surface area contributed by atoms with Crippen LogP contribution in [0.4, 0.5) is 0 Å². The summed E-state index contributed by atoms with van der Waals surface area (Å²) in [5.41, 5.74) is 0. The summed E-state index contributed by atoms with van der Waals surface area (Å²) < 4.78 is 21.0. The summed E-state index contributed by atoms with van der Waals surface area (Å²) in [5, 5.41) is 0. The summed E-state index contributed by atoms with van der Waals surface area (Å²) in [5.74, 6) is 0. The van der Waals surface area contributed by atoms with Gasteiger partial charge in [-0.05, 0) is 13.3 Å². The maximum Gasteiger partial charge on any atom is 0.412 e. The largest absolute Gasteiger partial charge is 0.412 e. The molecule has 0 spiro atoms. The molecule has 0 N–H and O–H groups in total. The second-order valence-electron chi connectivity index (χ2n) is 2.48. The average molecular weight is 176 g/mol. The Balaban J connectivity index is 2.35. The first-order valence-corrected chi connectivity index (χ1v) is 4.39. The predicted molar refractivity (Wildman–Crippen MR) is 42.5 cm³/mol. The quantitative estimate of drug-likeness (QED) is 0.588. The zero-order valence-corrected chi connectivity index (χ0v) is 7.67. The van der Waals surface area contributed by atoms with Crippen LogP contribution in [0, 0.1) is 0 Å².